The van der Waals surface area contributed by atoms with Gasteiger partial charge in [-0.05, 0) is 58.5 Å². The van der Waals surface area contributed by atoms with E-state index in [1.54, 1.807) is 13.2 Å². The van der Waals surface area contributed by atoms with Gasteiger partial charge >= 0.3 is 0 Å². The van der Waals surface area contributed by atoms with Crippen molar-refractivity contribution in [2.24, 2.45) is 11.3 Å². The van der Waals surface area contributed by atoms with Gasteiger partial charge in [0.15, 0.2) is 5.65 Å². The lowest BCUT2D eigenvalue weighted by molar-refractivity contribution is -0.137. The Morgan fingerprint density at radius 2 is 2.03 bits per heavy atom. The molecule has 3 aromatic rings. The van der Waals surface area contributed by atoms with Gasteiger partial charge in [0.05, 0.1) is 17.0 Å². The first-order valence-electron chi connectivity index (χ1n) is 12.4. The summed E-state index contributed by atoms with van der Waals surface area (Å²) in [5, 5.41) is 14.9. The quantitative estimate of drug-likeness (QED) is 0.444. The molecule has 0 bridgehead atoms. The van der Waals surface area contributed by atoms with Crippen LogP contribution in [0.15, 0.2) is 29.0 Å². The molecule has 1 aromatic carbocycles. The van der Waals surface area contributed by atoms with E-state index in [1.807, 2.05) is 22.6 Å². The lowest BCUT2D eigenvalue weighted by Crippen LogP contribution is -2.50. The fourth-order valence-electron chi connectivity index (χ4n) is 5.56. The molecule has 2 aromatic heterocycles. The zero-order valence-electron chi connectivity index (χ0n) is 20.3. The first-order chi connectivity index (χ1) is 17.3. The zero-order chi connectivity index (χ0) is 25.0. The van der Waals surface area contributed by atoms with Crippen LogP contribution in [0.5, 0.6) is 0 Å². The van der Waals surface area contributed by atoms with Crippen LogP contribution in [-0.4, -0.2) is 62.6 Å². The van der Waals surface area contributed by atoms with Crippen LogP contribution in [0.2, 0.25) is 0 Å². The van der Waals surface area contributed by atoms with E-state index in [0.29, 0.717) is 29.3 Å². The molecule has 3 N–H and O–H groups in total. The molecule has 3 aliphatic rings. The molecule has 10 nitrogen and oxygen atoms in total. The van der Waals surface area contributed by atoms with Gasteiger partial charge in [0, 0.05) is 50.9 Å². The summed E-state index contributed by atoms with van der Waals surface area (Å²) in [5.41, 5.74) is 3.52. The number of nitrogens with one attached hydrogen (secondary N) is 3. The molecule has 2 fully saturated rings. The highest BCUT2D eigenvalue weighted by Gasteiger charge is 2.41. The maximum absolute atomic E-state index is 12.7. The molecular formula is C25H29BrN8O2. The lowest BCUT2D eigenvalue weighted by atomic mass is 9.87. The molecule has 6 rings (SSSR count). The average Bonchev–Trinajstić information content (AvgIpc) is 3.52. The predicted octanol–water partition coefficient (Wildman–Crippen LogP) is 2.36. The number of hydrogen-bond donors (Lipinski definition) is 3. The third-order valence-electron chi connectivity index (χ3n) is 7.83. The molecule has 36 heavy (non-hydrogen) atoms. The van der Waals surface area contributed by atoms with Gasteiger partial charge < -0.3 is 20.9 Å². The Hall–Kier alpha value is -3.05. The largest absolute Gasteiger partial charge is 0.359 e. The van der Waals surface area contributed by atoms with Crippen molar-refractivity contribution in [1.82, 2.24) is 35.3 Å². The minimum absolute atomic E-state index is 0.0754. The van der Waals surface area contributed by atoms with Gasteiger partial charge in [-0.2, -0.15) is 10.1 Å². The van der Waals surface area contributed by atoms with Crippen LogP contribution in [-0.2, 0) is 22.7 Å². The predicted molar refractivity (Wildman–Crippen MR) is 138 cm³/mol. The van der Waals surface area contributed by atoms with Crippen molar-refractivity contribution in [3.05, 3.63) is 40.1 Å². The molecule has 2 atom stereocenters. The van der Waals surface area contributed by atoms with Crippen LogP contribution in [0.1, 0.15) is 37.3 Å². The van der Waals surface area contributed by atoms with Crippen LogP contribution in [0, 0.1) is 11.3 Å². The third-order valence-corrected chi connectivity index (χ3v) is 8.41. The molecule has 0 spiro atoms. The molecule has 2 aliphatic heterocycles. The number of nitrogens with zero attached hydrogens (tertiary/aromatic N) is 5. The number of hydrogen-bond acceptors (Lipinski definition) is 7. The van der Waals surface area contributed by atoms with E-state index in [2.05, 4.69) is 54.1 Å². The average molecular weight is 553 g/mol. The molecule has 2 amide bonds. The summed E-state index contributed by atoms with van der Waals surface area (Å²) in [6, 6.07) is 6.33. The third kappa shape index (κ3) is 3.94. The summed E-state index contributed by atoms with van der Waals surface area (Å²) in [7, 11) is 1.69. The molecular weight excluding hydrogens is 524 g/mol. The Bertz CT molecular complexity index is 1370. The number of halogens is 1. The van der Waals surface area contributed by atoms with Crippen molar-refractivity contribution in [3.63, 3.8) is 0 Å². The Labute approximate surface area is 217 Å². The van der Waals surface area contributed by atoms with Crippen LogP contribution >= 0.6 is 15.9 Å². The number of rotatable bonds is 5. The van der Waals surface area contributed by atoms with Crippen LogP contribution in [0.3, 0.4) is 0 Å². The smallest absolute Gasteiger partial charge is 0.228 e. The fourth-order valence-corrected chi connectivity index (χ4v) is 6.00. The summed E-state index contributed by atoms with van der Waals surface area (Å²) in [6.07, 6.45) is 4.20. The Morgan fingerprint density at radius 1 is 1.22 bits per heavy atom. The molecule has 0 unspecified atom stereocenters. The highest BCUT2D eigenvalue weighted by Crippen LogP contribution is 2.39. The van der Waals surface area contributed by atoms with Gasteiger partial charge in [0.25, 0.3) is 0 Å². The minimum atomic E-state index is -0.379. The van der Waals surface area contributed by atoms with Gasteiger partial charge in [0.1, 0.15) is 4.60 Å². The molecule has 11 heteroatoms. The van der Waals surface area contributed by atoms with Crippen molar-refractivity contribution in [1.29, 1.82) is 0 Å². The van der Waals surface area contributed by atoms with E-state index >= 15 is 0 Å². The van der Waals surface area contributed by atoms with Crippen molar-refractivity contribution in [2.45, 2.75) is 45.3 Å². The van der Waals surface area contributed by atoms with Crippen molar-refractivity contribution in [2.75, 3.05) is 25.5 Å². The number of aromatic nitrogens is 4. The minimum Gasteiger partial charge on any atom is -0.359 e. The monoisotopic (exact) mass is 552 g/mol. The van der Waals surface area contributed by atoms with Gasteiger partial charge in [-0.1, -0.05) is 13.0 Å². The molecule has 4 heterocycles. The van der Waals surface area contributed by atoms with E-state index in [4.69, 9.17) is 4.98 Å². The second-order valence-electron chi connectivity index (χ2n) is 10.4. The lowest BCUT2D eigenvalue weighted by Gasteiger charge is -2.29. The summed E-state index contributed by atoms with van der Waals surface area (Å²) in [5.74, 6) is 0.920. The molecule has 1 saturated carbocycles. The van der Waals surface area contributed by atoms with Gasteiger partial charge in [-0.15, -0.1) is 0 Å². The highest BCUT2D eigenvalue weighted by molar-refractivity contribution is 9.10. The number of amides is 2. The van der Waals surface area contributed by atoms with E-state index in [-0.39, 0.29) is 29.2 Å². The molecule has 0 radical (unpaired) electrons. The summed E-state index contributed by atoms with van der Waals surface area (Å²) < 4.78 is 2.49. The second-order valence-corrected chi connectivity index (χ2v) is 11.1. The van der Waals surface area contributed by atoms with Gasteiger partial charge in [-0.25, -0.2) is 9.67 Å². The van der Waals surface area contributed by atoms with Crippen LogP contribution < -0.4 is 16.0 Å². The fraction of sp³-hybridized carbons (Fsp3) is 0.480. The first-order valence-corrected chi connectivity index (χ1v) is 13.2. The summed E-state index contributed by atoms with van der Waals surface area (Å²) >= 11 is 3.55. The number of carbonyl (C=O) groups excluding carboxylic acids is 2. The highest BCUT2D eigenvalue weighted by atomic mass is 79.9. The van der Waals surface area contributed by atoms with Crippen molar-refractivity contribution in [3.8, 4) is 5.69 Å². The Morgan fingerprint density at radius 3 is 2.78 bits per heavy atom. The number of benzene rings is 1. The van der Waals surface area contributed by atoms with Crippen LogP contribution in [0.25, 0.3) is 16.7 Å². The van der Waals surface area contributed by atoms with Gasteiger partial charge in [0.2, 0.25) is 17.8 Å². The number of fused-ring (bicyclic) bond motifs is 2. The molecule has 188 valence electrons. The van der Waals surface area contributed by atoms with E-state index < -0.39 is 0 Å². The van der Waals surface area contributed by atoms with E-state index in [1.165, 1.54) is 5.56 Å². The topological polar surface area (TPSA) is 117 Å². The molecule has 1 saturated heterocycles. The SMILES string of the molecule is CNC(=O)[C@]1(C)CC[C@@H](Nc2ncc3c(Br)nn(-c4ccc5c(c4)CN(C(=O)C4CNC4)C5)c3n2)C1. The number of carbonyl (C=O) groups is 2. The van der Waals surface area contributed by atoms with Gasteiger partial charge in [-0.3, -0.25) is 9.59 Å². The number of anilines is 1. The molecule has 1 aliphatic carbocycles. The van der Waals surface area contributed by atoms with E-state index in [9.17, 15) is 9.59 Å². The summed E-state index contributed by atoms with van der Waals surface area (Å²) in [6.45, 7) is 4.82. The normalized spacial score (nSPS) is 23.5. The first kappa shape index (κ1) is 23.4. The zero-order valence-corrected chi connectivity index (χ0v) is 21.9. The van der Waals surface area contributed by atoms with Crippen molar-refractivity contribution >= 4 is 44.7 Å². The van der Waals surface area contributed by atoms with E-state index in [0.717, 1.165) is 49.0 Å². The summed E-state index contributed by atoms with van der Waals surface area (Å²) in [4.78, 5) is 36.3. The standard InChI is InChI=1S/C25H29BrN8O2/c1-25(23(36)27-2)6-5-17(8-25)30-24-29-11-19-20(26)32-34(21(19)31-24)18-4-3-14-12-33(13-15(14)7-18)22(35)16-9-28-10-16/h3-4,7,11,16-17,28H,5-6,8-10,12-13H2,1-2H3,(H,27,36)(H,29,30,31)/t17-,25-/m1/s1. The maximum atomic E-state index is 12.7. The van der Waals surface area contributed by atoms with Crippen LogP contribution in [0.4, 0.5) is 5.95 Å². The Balaban J connectivity index is 1.25. The Kier molecular flexibility index (Phi) is 5.71. The second kappa shape index (κ2) is 8.81. The van der Waals surface area contributed by atoms with Crippen molar-refractivity contribution < 1.29 is 9.59 Å². The maximum Gasteiger partial charge on any atom is 0.228 e.